The van der Waals surface area contributed by atoms with Crippen molar-refractivity contribution in [3.05, 3.63) is 16.1 Å². The van der Waals surface area contributed by atoms with Crippen LogP contribution in [0.3, 0.4) is 0 Å². The molecule has 1 amide bonds. The molecule has 1 aromatic rings. The molecule has 88 valence electrons. The first-order chi connectivity index (χ1) is 7.79. The number of rotatable bonds is 5. The third-order valence-electron chi connectivity index (χ3n) is 2.66. The average molecular weight is 239 g/mol. The smallest absolute Gasteiger partial charge is 0.263 e. The first-order valence-electron chi connectivity index (χ1n) is 5.73. The summed E-state index contributed by atoms with van der Waals surface area (Å²) in [6.07, 6.45) is 3.72. The number of amides is 1. The minimum Gasteiger partial charge on any atom is -0.351 e. The van der Waals surface area contributed by atoms with Gasteiger partial charge in [-0.2, -0.15) is 0 Å². The van der Waals surface area contributed by atoms with Gasteiger partial charge >= 0.3 is 0 Å². The third kappa shape index (κ3) is 2.80. The molecule has 0 aromatic carbocycles. The van der Waals surface area contributed by atoms with Crippen LogP contribution in [0.2, 0.25) is 0 Å². The summed E-state index contributed by atoms with van der Waals surface area (Å²) in [7, 11) is 0. The fraction of sp³-hybridized carbons (Fsp3) is 0.636. The molecule has 1 aromatic heterocycles. The molecule has 2 heterocycles. The number of thiazole rings is 1. The van der Waals surface area contributed by atoms with Crippen molar-refractivity contribution in [1.82, 2.24) is 15.6 Å². The number of aryl methyl sites for hydroxylation is 1. The Morgan fingerprint density at radius 3 is 3.12 bits per heavy atom. The molecule has 0 radical (unpaired) electrons. The first-order valence-corrected chi connectivity index (χ1v) is 6.55. The lowest BCUT2D eigenvalue weighted by Gasteiger charge is -2.26. The fourth-order valence-corrected chi connectivity index (χ4v) is 2.50. The highest BCUT2D eigenvalue weighted by atomic mass is 32.1. The van der Waals surface area contributed by atoms with E-state index in [4.69, 9.17) is 0 Å². The van der Waals surface area contributed by atoms with Gasteiger partial charge in [-0.15, -0.1) is 11.3 Å². The molecule has 2 rings (SSSR count). The number of nitrogens with zero attached hydrogens (tertiary/aromatic N) is 1. The van der Waals surface area contributed by atoms with Gasteiger partial charge in [0.2, 0.25) is 0 Å². The summed E-state index contributed by atoms with van der Waals surface area (Å²) in [6.45, 7) is 4.92. The predicted molar refractivity (Wildman–Crippen MR) is 64.8 cm³/mol. The van der Waals surface area contributed by atoms with Crippen LogP contribution in [-0.2, 0) is 6.42 Å². The van der Waals surface area contributed by atoms with Gasteiger partial charge in [0, 0.05) is 25.6 Å². The summed E-state index contributed by atoms with van der Waals surface area (Å²) in [4.78, 5) is 16.7. The second-order valence-corrected chi connectivity index (χ2v) is 5.22. The van der Waals surface area contributed by atoms with Gasteiger partial charge in [-0.1, -0.05) is 6.92 Å². The highest BCUT2D eigenvalue weighted by Crippen LogP contribution is 2.14. The Morgan fingerprint density at radius 1 is 1.69 bits per heavy atom. The van der Waals surface area contributed by atoms with Gasteiger partial charge < -0.3 is 10.6 Å². The predicted octanol–water partition coefficient (Wildman–Crippen LogP) is 1.04. The van der Waals surface area contributed by atoms with E-state index in [0.29, 0.717) is 5.92 Å². The Labute approximate surface area is 99.5 Å². The van der Waals surface area contributed by atoms with Crippen molar-refractivity contribution in [3.8, 4) is 0 Å². The Morgan fingerprint density at radius 2 is 2.50 bits per heavy atom. The molecule has 1 aliphatic rings. The summed E-state index contributed by atoms with van der Waals surface area (Å²) in [6, 6.07) is 0. The van der Waals surface area contributed by atoms with E-state index in [1.54, 1.807) is 6.20 Å². The van der Waals surface area contributed by atoms with Gasteiger partial charge in [0.25, 0.3) is 5.91 Å². The summed E-state index contributed by atoms with van der Waals surface area (Å²) >= 11 is 1.50. The van der Waals surface area contributed by atoms with Crippen molar-refractivity contribution < 1.29 is 4.79 Å². The van der Waals surface area contributed by atoms with E-state index >= 15 is 0 Å². The SMILES string of the molecule is CCCc1ncc(C(=O)NCC2CNC2)s1. The fourth-order valence-electron chi connectivity index (χ4n) is 1.56. The molecule has 5 heteroatoms. The maximum absolute atomic E-state index is 11.7. The molecule has 2 N–H and O–H groups in total. The topological polar surface area (TPSA) is 54.0 Å². The number of nitrogens with one attached hydrogen (secondary N) is 2. The van der Waals surface area contributed by atoms with E-state index in [-0.39, 0.29) is 5.91 Å². The van der Waals surface area contributed by atoms with Gasteiger partial charge in [-0.3, -0.25) is 4.79 Å². The van der Waals surface area contributed by atoms with Gasteiger partial charge in [-0.25, -0.2) is 4.98 Å². The standard InChI is InChI=1S/C11H17N3OS/c1-2-3-10-13-7-9(16-10)11(15)14-6-8-4-12-5-8/h7-8,12H,2-6H2,1H3,(H,14,15). The average Bonchev–Trinajstić information content (AvgIpc) is 2.64. The molecule has 0 atom stereocenters. The molecule has 0 saturated carbocycles. The molecule has 1 fully saturated rings. The quantitative estimate of drug-likeness (QED) is 0.807. The molecule has 1 saturated heterocycles. The number of carbonyl (C=O) groups excluding carboxylic acids is 1. The Bertz CT molecular complexity index is 360. The zero-order chi connectivity index (χ0) is 11.4. The normalized spacial score (nSPS) is 15.8. The monoisotopic (exact) mass is 239 g/mol. The number of hydrogen-bond acceptors (Lipinski definition) is 4. The molecule has 0 spiro atoms. The van der Waals surface area contributed by atoms with Crippen LogP contribution in [-0.4, -0.2) is 30.5 Å². The Balaban J connectivity index is 1.82. The Kier molecular flexibility index (Phi) is 3.90. The number of aromatic nitrogens is 1. The summed E-state index contributed by atoms with van der Waals surface area (Å²) in [5, 5.41) is 7.19. The second-order valence-electron chi connectivity index (χ2n) is 4.10. The van der Waals surface area contributed by atoms with Crippen molar-refractivity contribution >= 4 is 17.2 Å². The molecule has 16 heavy (non-hydrogen) atoms. The van der Waals surface area contributed by atoms with E-state index in [2.05, 4.69) is 22.5 Å². The van der Waals surface area contributed by atoms with Crippen LogP contribution in [0.5, 0.6) is 0 Å². The minimum atomic E-state index is 0.0201. The van der Waals surface area contributed by atoms with Crippen LogP contribution in [0, 0.1) is 5.92 Å². The van der Waals surface area contributed by atoms with Crippen molar-refractivity contribution in [2.75, 3.05) is 19.6 Å². The maximum atomic E-state index is 11.7. The summed E-state index contributed by atoms with van der Waals surface area (Å²) in [5.74, 6) is 0.624. The van der Waals surface area contributed by atoms with E-state index in [1.165, 1.54) is 11.3 Å². The lowest BCUT2D eigenvalue weighted by Crippen LogP contribution is -2.48. The zero-order valence-electron chi connectivity index (χ0n) is 9.45. The van der Waals surface area contributed by atoms with Crippen LogP contribution in [0.4, 0.5) is 0 Å². The minimum absolute atomic E-state index is 0.0201. The van der Waals surface area contributed by atoms with Crippen LogP contribution in [0.1, 0.15) is 28.0 Å². The molecule has 0 unspecified atom stereocenters. The molecule has 1 aliphatic heterocycles. The lowest BCUT2D eigenvalue weighted by molar-refractivity contribution is 0.0946. The van der Waals surface area contributed by atoms with Crippen molar-refractivity contribution in [1.29, 1.82) is 0 Å². The zero-order valence-corrected chi connectivity index (χ0v) is 10.3. The van der Waals surface area contributed by atoms with Gasteiger partial charge in [-0.05, 0) is 12.8 Å². The Hall–Kier alpha value is -0.940. The maximum Gasteiger partial charge on any atom is 0.263 e. The van der Waals surface area contributed by atoms with E-state index in [9.17, 15) is 4.79 Å². The van der Waals surface area contributed by atoms with Gasteiger partial charge in [0.1, 0.15) is 4.88 Å². The second kappa shape index (κ2) is 5.41. The van der Waals surface area contributed by atoms with E-state index < -0.39 is 0 Å². The van der Waals surface area contributed by atoms with E-state index in [0.717, 1.165) is 42.4 Å². The van der Waals surface area contributed by atoms with Crippen molar-refractivity contribution in [3.63, 3.8) is 0 Å². The molecular formula is C11H17N3OS. The highest BCUT2D eigenvalue weighted by Gasteiger charge is 2.18. The van der Waals surface area contributed by atoms with Crippen LogP contribution in [0.25, 0.3) is 0 Å². The third-order valence-corrected chi connectivity index (χ3v) is 3.71. The van der Waals surface area contributed by atoms with Crippen LogP contribution < -0.4 is 10.6 Å². The highest BCUT2D eigenvalue weighted by molar-refractivity contribution is 7.13. The molecule has 0 bridgehead atoms. The van der Waals surface area contributed by atoms with Gasteiger partial charge in [0.15, 0.2) is 0 Å². The summed E-state index contributed by atoms with van der Waals surface area (Å²) in [5.41, 5.74) is 0. The van der Waals surface area contributed by atoms with Gasteiger partial charge in [0.05, 0.1) is 11.2 Å². The van der Waals surface area contributed by atoms with Crippen LogP contribution >= 0.6 is 11.3 Å². The molecule has 4 nitrogen and oxygen atoms in total. The molecular weight excluding hydrogens is 222 g/mol. The van der Waals surface area contributed by atoms with Crippen molar-refractivity contribution in [2.45, 2.75) is 19.8 Å². The van der Waals surface area contributed by atoms with Crippen LogP contribution in [0.15, 0.2) is 6.20 Å². The lowest BCUT2D eigenvalue weighted by atomic mass is 10.0. The van der Waals surface area contributed by atoms with Crippen molar-refractivity contribution in [2.24, 2.45) is 5.92 Å². The van der Waals surface area contributed by atoms with E-state index in [1.807, 2.05) is 0 Å². The summed E-state index contributed by atoms with van der Waals surface area (Å²) < 4.78 is 0. The first kappa shape index (κ1) is 11.5. The number of carbonyl (C=O) groups is 1. The molecule has 0 aliphatic carbocycles. The number of hydrogen-bond donors (Lipinski definition) is 2. The largest absolute Gasteiger partial charge is 0.351 e.